The number of sulfonamides is 1. The summed E-state index contributed by atoms with van der Waals surface area (Å²) >= 11 is 0. The molecule has 0 saturated carbocycles. The quantitative estimate of drug-likeness (QED) is 0.803. The van der Waals surface area contributed by atoms with Gasteiger partial charge in [0.2, 0.25) is 0 Å². The number of hydrogen-bond acceptors (Lipinski definition) is 3. The number of carbonyl (C=O) groups is 1. The zero-order chi connectivity index (χ0) is 13.1. The van der Waals surface area contributed by atoms with Crippen molar-refractivity contribution in [3.63, 3.8) is 0 Å². The molecule has 1 unspecified atom stereocenters. The van der Waals surface area contributed by atoms with E-state index >= 15 is 0 Å². The second-order valence-corrected chi connectivity index (χ2v) is 4.98. The number of rotatable bonds is 5. The van der Waals surface area contributed by atoms with Gasteiger partial charge in [-0.25, -0.2) is 8.42 Å². The van der Waals surface area contributed by atoms with Crippen molar-refractivity contribution in [2.75, 3.05) is 6.54 Å². The smallest absolute Gasteiger partial charge is 0.481 e. The van der Waals surface area contributed by atoms with E-state index in [4.69, 9.17) is 5.11 Å². The summed E-state index contributed by atoms with van der Waals surface area (Å²) in [5.41, 5.74) is -5.41. The van der Waals surface area contributed by atoms with Crippen molar-refractivity contribution >= 4 is 16.0 Å². The van der Waals surface area contributed by atoms with Crippen LogP contribution in [0.15, 0.2) is 0 Å². The molecule has 0 bridgehead atoms. The van der Waals surface area contributed by atoms with Gasteiger partial charge in [0.25, 0.3) is 0 Å². The van der Waals surface area contributed by atoms with Gasteiger partial charge in [0.15, 0.2) is 0 Å². The lowest BCUT2D eigenvalue weighted by Crippen LogP contribution is -2.46. The van der Waals surface area contributed by atoms with Gasteiger partial charge in [-0.1, -0.05) is 6.92 Å². The fourth-order valence-corrected chi connectivity index (χ4v) is 2.36. The van der Waals surface area contributed by atoms with Crippen LogP contribution in [0.1, 0.15) is 20.3 Å². The Bertz CT molecular complexity index is 351. The largest absolute Gasteiger partial charge is 0.511 e. The van der Waals surface area contributed by atoms with E-state index in [0.29, 0.717) is 0 Å². The van der Waals surface area contributed by atoms with Gasteiger partial charge >= 0.3 is 21.5 Å². The summed E-state index contributed by atoms with van der Waals surface area (Å²) in [5.74, 6) is -1.36. The lowest BCUT2D eigenvalue weighted by Gasteiger charge is -2.26. The normalized spacial score (nSPS) is 15.1. The molecule has 5 nitrogen and oxygen atoms in total. The Kier molecular flexibility index (Phi) is 4.74. The molecule has 0 heterocycles. The van der Waals surface area contributed by atoms with Gasteiger partial charge in [0.1, 0.15) is 0 Å². The maximum atomic E-state index is 12.2. The molecule has 0 aliphatic heterocycles. The fourth-order valence-electron chi connectivity index (χ4n) is 1.21. The topological polar surface area (TPSA) is 74.7 Å². The van der Waals surface area contributed by atoms with E-state index in [-0.39, 0.29) is 4.31 Å². The van der Waals surface area contributed by atoms with Crippen LogP contribution >= 0.6 is 0 Å². The molecule has 16 heavy (non-hydrogen) atoms. The van der Waals surface area contributed by atoms with Gasteiger partial charge < -0.3 is 5.11 Å². The Morgan fingerprint density at radius 1 is 1.44 bits per heavy atom. The highest BCUT2D eigenvalue weighted by atomic mass is 32.2. The monoisotopic (exact) mass is 263 g/mol. The van der Waals surface area contributed by atoms with Gasteiger partial charge in [-0.3, -0.25) is 4.79 Å². The highest BCUT2D eigenvalue weighted by molar-refractivity contribution is 7.90. The SMILES string of the molecule is CCN(C(C)CC(=O)O)S(=O)(=O)C(F)(F)F. The Hall–Kier alpha value is -0.830. The molecule has 0 aliphatic rings. The van der Waals surface area contributed by atoms with Gasteiger partial charge in [-0.05, 0) is 6.92 Å². The molecule has 0 rings (SSSR count). The Morgan fingerprint density at radius 3 is 2.12 bits per heavy atom. The van der Waals surface area contributed by atoms with Crippen LogP contribution in [-0.4, -0.2) is 41.9 Å². The summed E-state index contributed by atoms with van der Waals surface area (Å²) in [6.45, 7) is 1.89. The minimum absolute atomic E-state index is 0.126. The standard InChI is InChI=1S/C7H12F3NO4S/c1-3-11(5(2)4-6(12)13)16(14,15)7(8,9)10/h5H,3-4H2,1-2H3,(H,12,13). The molecule has 0 amide bonds. The first-order valence-electron chi connectivity index (χ1n) is 4.34. The van der Waals surface area contributed by atoms with Crippen LogP contribution in [0.5, 0.6) is 0 Å². The third-order valence-corrected chi connectivity index (χ3v) is 3.70. The van der Waals surface area contributed by atoms with Crippen molar-refractivity contribution < 1.29 is 31.5 Å². The molecule has 1 atom stereocenters. The number of carboxylic acids is 1. The number of alkyl halides is 3. The van der Waals surface area contributed by atoms with Crippen LogP contribution in [0, 0.1) is 0 Å². The van der Waals surface area contributed by atoms with E-state index in [1.54, 1.807) is 0 Å². The predicted molar refractivity (Wildman–Crippen MR) is 49.1 cm³/mol. The lowest BCUT2D eigenvalue weighted by atomic mass is 10.2. The first kappa shape index (κ1) is 15.2. The van der Waals surface area contributed by atoms with Crippen LogP contribution in [-0.2, 0) is 14.8 Å². The summed E-state index contributed by atoms with van der Waals surface area (Å²) in [5, 5.41) is 8.39. The molecule has 9 heteroatoms. The second kappa shape index (κ2) is 5.00. The summed E-state index contributed by atoms with van der Waals surface area (Å²) in [4.78, 5) is 10.3. The van der Waals surface area contributed by atoms with E-state index in [1.807, 2.05) is 0 Å². The lowest BCUT2D eigenvalue weighted by molar-refractivity contribution is -0.138. The van der Waals surface area contributed by atoms with Crippen LogP contribution in [0.25, 0.3) is 0 Å². The minimum Gasteiger partial charge on any atom is -0.481 e. The van der Waals surface area contributed by atoms with Crippen LogP contribution < -0.4 is 0 Å². The minimum atomic E-state index is -5.46. The van der Waals surface area contributed by atoms with Crippen molar-refractivity contribution in [2.45, 2.75) is 31.8 Å². The summed E-state index contributed by atoms with van der Waals surface area (Å²) in [7, 11) is -5.46. The van der Waals surface area contributed by atoms with E-state index < -0.39 is 40.5 Å². The molecule has 0 fully saturated rings. The molecule has 0 saturated heterocycles. The third-order valence-electron chi connectivity index (χ3n) is 1.87. The number of hydrogen-bond donors (Lipinski definition) is 1. The Labute approximate surface area is 90.9 Å². The summed E-state index contributed by atoms with van der Waals surface area (Å²) in [6.07, 6.45) is -0.677. The molecule has 1 N–H and O–H groups in total. The Morgan fingerprint density at radius 2 is 1.88 bits per heavy atom. The van der Waals surface area contributed by atoms with Crippen LogP contribution in [0.4, 0.5) is 13.2 Å². The van der Waals surface area contributed by atoms with Gasteiger partial charge in [-0.2, -0.15) is 17.5 Å². The van der Waals surface area contributed by atoms with E-state index in [9.17, 15) is 26.4 Å². The third kappa shape index (κ3) is 3.34. The molecule has 0 aliphatic carbocycles. The average Bonchev–Trinajstić information content (AvgIpc) is 2.00. The molecule has 0 aromatic heterocycles. The molecule has 96 valence electrons. The first-order chi connectivity index (χ1) is 7.04. The number of aliphatic carboxylic acids is 1. The van der Waals surface area contributed by atoms with E-state index in [0.717, 1.165) is 6.92 Å². The van der Waals surface area contributed by atoms with E-state index in [1.165, 1.54) is 6.92 Å². The molecular weight excluding hydrogens is 251 g/mol. The summed E-state index contributed by atoms with van der Waals surface area (Å²) < 4.78 is 58.7. The van der Waals surface area contributed by atoms with Crippen molar-refractivity contribution in [3.8, 4) is 0 Å². The highest BCUT2D eigenvalue weighted by Gasteiger charge is 2.50. The number of halogens is 3. The molecule has 0 radical (unpaired) electrons. The maximum absolute atomic E-state index is 12.2. The van der Waals surface area contributed by atoms with Crippen LogP contribution in [0.3, 0.4) is 0 Å². The molecule has 0 aromatic carbocycles. The predicted octanol–water partition coefficient (Wildman–Crippen LogP) is 1.02. The maximum Gasteiger partial charge on any atom is 0.511 e. The van der Waals surface area contributed by atoms with E-state index in [2.05, 4.69) is 0 Å². The van der Waals surface area contributed by atoms with Crippen molar-refractivity contribution in [2.24, 2.45) is 0 Å². The highest BCUT2D eigenvalue weighted by Crippen LogP contribution is 2.28. The van der Waals surface area contributed by atoms with Crippen molar-refractivity contribution in [1.29, 1.82) is 0 Å². The molecule has 0 aromatic rings. The van der Waals surface area contributed by atoms with Gasteiger partial charge in [0, 0.05) is 12.6 Å². The first-order valence-corrected chi connectivity index (χ1v) is 5.78. The van der Waals surface area contributed by atoms with Gasteiger partial charge in [-0.15, -0.1) is 0 Å². The van der Waals surface area contributed by atoms with Gasteiger partial charge in [0.05, 0.1) is 6.42 Å². The zero-order valence-corrected chi connectivity index (χ0v) is 9.47. The molecule has 0 spiro atoms. The summed E-state index contributed by atoms with van der Waals surface area (Å²) in [6, 6.07) is -1.24. The fraction of sp³-hybridized carbons (Fsp3) is 0.857. The van der Waals surface area contributed by atoms with Crippen molar-refractivity contribution in [3.05, 3.63) is 0 Å². The molecular formula is C7H12F3NO4S. The van der Waals surface area contributed by atoms with Crippen LogP contribution in [0.2, 0.25) is 0 Å². The number of nitrogens with zero attached hydrogens (tertiary/aromatic N) is 1. The van der Waals surface area contributed by atoms with Crippen molar-refractivity contribution in [1.82, 2.24) is 4.31 Å². The average molecular weight is 263 g/mol. The Balaban J connectivity index is 5.08. The number of carboxylic acid groups (broad SMARTS) is 1. The second-order valence-electron chi connectivity index (χ2n) is 3.10. The zero-order valence-electron chi connectivity index (χ0n) is 8.65.